The summed E-state index contributed by atoms with van der Waals surface area (Å²) in [6, 6.07) is 7.69. The van der Waals surface area contributed by atoms with Crippen molar-refractivity contribution in [2.24, 2.45) is 0 Å². The van der Waals surface area contributed by atoms with E-state index in [1.165, 1.54) is 5.56 Å². The summed E-state index contributed by atoms with van der Waals surface area (Å²) in [5.41, 5.74) is 1.94. The number of amides is 1. The summed E-state index contributed by atoms with van der Waals surface area (Å²) in [5.74, 6) is -0.352. The molecule has 0 saturated heterocycles. The molecule has 0 saturated carbocycles. The normalized spacial score (nSPS) is 11.7. The van der Waals surface area contributed by atoms with Crippen LogP contribution < -0.4 is 5.32 Å². The summed E-state index contributed by atoms with van der Waals surface area (Å²) < 4.78 is 4.72. The number of esters is 1. The summed E-state index contributed by atoms with van der Waals surface area (Å²) in [5, 5.41) is 2.68. The van der Waals surface area contributed by atoms with Crippen molar-refractivity contribution in [3.05, 3.63) is 29.8 Å². The molecule has 0 aliphatic carbocycles. The lowest BCUT2D eigenvalue weighted by Gasteiger charge is -2.10. The molecule has 1 amide bonds. The van der Waals surface area contributed by atoms with E-state index in [-0.39, 0.29) is 18.9 Å². The van der Waals surface area contributed by atoms with Gasteiger partial charge in [0, 0.05) is 5.69 Å². The lowest BCUT2D eigenvalue weighted by Crippen LogP contribution is -2.18. The number of anilines is 1. The minimum atomic E-state index is -0.503. The van der Waals surface area contributed by atoms with Crippen LogP contribution in [0, 0.1) is 0 Å². The number of hydrogen-bond acceptors (Lipinski definition) is 3. The number of benzene rings is 1. The first-order valence-corrected chi connectivity index (χ1v) is 6.62. The molecule has 0 bridgehead atoms. The first kappa shape index (κ1) is 15.2. The van der Waals surface area contributed by atoms with E-state index in [2.05, 4.69) is 19.2 Å². The summed E-state index contributed by atoms with van der Waals surface area (Å²) >= 11 is 0. The SMILES string of the molecule is CCOC(=O)CC(=O)Nc1ccc(C(C)CC)cc1. The first-order valence-electron chi connectivity index (χ1n) is 6.62. The van der Waals surface area contributed by atoms with Crippen molar-refractivity contribution in [1.82, 2.24) is 0 Å². The fraction of sp³-hybridized carbons (Fsp3) is 0.467. The first-order chi connectivity index (χ1) is 9.06. The minimum Gasteiger partial charge on any atom is -0.466 e. The van der Waals surface area contributed by atoms with Crippen molar-refractivity contribution in [2.75, 3.05) is 11.9 Å². The third-order valence-electron chi connectivity index (χ3n) is 2.99. The highest BCUT2D eigenvalue weighted by Gasteiger charge is 2.10. The van der Waals surface area contributed by atoms with Gasteiger partial charge in [-0.05, 0) is 37.0 Å². The molecule has 1 N–H and O–H groups in total. The van der Waals surface area contributed by atoms with Gasteiger partial charge in [-0.1, -0.05) is 26.0 Å². The van der Waals surface area contributed by atoms with Gasteiger partial charge >= 0.3 is 5.97 Å². The van der Waals surface area contributed by atoms with Crippen molar-refractivity contribution in [3.63, 3.8) is 0 Å². The molecule has 0 fully saturated rings. The van der Waals surface area contributed by atoms with Crippen LogP contribution in [0.15, 0.2) is 24.3 Å². The molecule has 19 heavy (non-hydrogen) atoms. The van der Waals surface area contributed by atoms with Crippen molar-refractivity contribution in [1.29, 1.82) is 0 Å². The number of rotatable bonds is 6. The summed E-state index contributed by atoms with van der Waals surface area (Å²) in [6.07, 6.45) is 0.829. The molecule has 0 radical (unpaired) electrons. The fourth-order valence-electron chi connectivity index (χ4n) is 1.68. The van der Waals surface area contributed by atoms with Gasteiger partial charge in [-0.25, -0.2) is 0 Å². The monoisotopic (exact) mass is 263 g/mol. The lowest BCUT2D eigenvalue weighted by molar-refractivity contribution is -0.145. The Kier molecular flexibility index (Phi) is 6.06. The van der Waals surface area contributed by atoms with Crippen LogP contribution in [0.25, 0.3) is 0 Å². The van der Waals surface area contributed by atoms with Gasteiger partial charge in [0.25, 0.3) is 0 Å². The molecular weight excluding hydrogens is 242 g/mol. The molecule has 1 aromatic rings. The van der Waals surface area contributed by atoms with E-state index in [9.17, 15) is 9.59 Å². The van der Waals surface area contributed by atoms with Gasteiger partial charge < -0.3 is 10.1 Å². The molecule has 1 aromatic carbocycles. The molecule has 0 spiro atoms. The molecule has 4 nitrogen and oxygen atoms in total. The van der Waals surface area contributed by atoms with Crippen LogP contribution in [-0.2, 0) is 14.3 Å². The third-order valence-corrected chi connectivity index (χ3v) is 2.99. The summed E-state index contributed by atoms with van der Waals surface area (Å²) in [4.78, 5) is 22.7. The van der Waals surface area contributed by atoms with Crippen LogP contribution in [-0.4, -0.2) is 18.5 Å². The van der Waals surface area contributed by atoms with Crippen molar-refractivity contribution < 1.29 is 14.3 Å². The van der Waals surface area contributed by atoms with Crippen molar-refractivity contribution in [3.8, 4) is 0 Å². The zero-order chi connectivity index (χ0) is 14.3. The quantitative estimate of drug-likeness (QED) is 0.634. The van der Waals surface area contributed by atoms with Gasteiger partial charge in [-0.15, -0.1) is 0 Å². The Labute approximate surface area is 114 Å². The Morgan fingerprint density at radius 2 is 1.84 bits per heavy atom. The van der Waals surface area contributed by atoms with Crippen LogP contribution >= 0.6 is 0 Å². The van der Waals surface area contributed by atoms with E-state index in [0.29, 0.717) is 11.6 Å². The standard InChI is InChI=1S/C15H21NO3/c1-4-11(3)12-6-8-13(9-7-12)16-14(17)10-15(18)19-5-2/h6-9,11H,4-5,10H2,1-3H3,(H,16,17). The minimum absolute atomic E-state index is 0.249. The van der Waals surface area contributed by atoms with Crippen LogP contribution in [0.4, 0.5) is 5.69 Å². The van der Waals surface area contributed by atoms with Gasteiger partial charge in [0.05, 0.1) is 6.61 Å². The van der Waals surface area contributed by atoms with Gasteiger partial charge in [0.1, 0.15) is 6.42 Å². The molecule has 0 aromatic heterocycles. The highest BCUT2D eigenvalue weighted by atomic mass is 16.5. The Hall–Kier alpha value is -1.84. The molecule has 104 valence electrons. The molecule has 4 heteroatoms. The van der Waals surface area contributed by atoms with E-state index in [4.69, 9.17) is 4.74 Å². The zero-order valence-corrected chi connectivity index (χ0v) is 11.7. The van der Waals surface area contributed by atoms with Crippen LogP contribution in [0.5, 0.6) is 0 Å². The van der Waals surface area contributed by atoms with Gasteiger partial charge in [0.2, 0.25) is 5.91 Å². The molecule has 1 atom stereocenters. The molecule has 0 aliphatic rings. The maximum absolute atomic E-state index is 11.6. The third kappa shape index (κ3) is 5.12. The summed E-state index contributed by atoms with van der Waals surface area (Å²) in [6.45, 7) is 6.30. The molecular formula is C15H21NO3. The van der Waals surface area contributed by atoms with E-state index in [1.54, 1.807) is 6.92 Å². The number of carbonyl (C=O) groups is 2. The Morgan fingerprint density at radius 3 is 2.37 bits per heavy atom. The van der Waals surface area contributed by atoms with Crippen LogP contribution in [0.3, 0.4) is 0 Å². The van der Waals surface area contributed by atoms with E-state index in [1.807, 2.05) is 24.3 Å². The maximum Gasteiger partial charge on any atom is 0.315 e. The smallest absolute Gasteiger partial charge is 0.315 e. The lowest BCUT2D eigenvalue weighted by atomic mass is 9.99. The van der Waals surface area contributed by atoms with Crippen molar-refractivity contribution in [2.45, 2.75) is 39.5 Å². The maximum atomic E-state index is 11.6. The average Bonchev–Trinajstić information content (AvgIpc) is 2.38. The van der Waals surface area contributed by atoms with Crippen molar-refractivity contribution >= 4 is 17.6 Å². The Bertz CT molecular complexity index is 426. The van der Waals surface area contributed by atoms with Gasteiger partial charge in [0.15, 0.2) is 0 Å². The fourth-order valence-corrected chi connectivity index (χ4v) is 1.68. The Balaban J connectivity index is 2.53. The second kappa shape index (κ2) is 7.56. The second-order valence-corrected chi connectivity index (χ2v) is 4.46. The molecule has 0 aliphatic heterocycles. The van der Waals surface area contributed by atoms with E-state index >= 15 is 0 Å². The summed E-state index contributed by atoms with van der Waals surface area (Å²) in [7, 11) is 0. The number of carbonyl (C=O) groups excluding carboxylic acids is 2. The number of nitrogens with one attached hydrogen (secondary N) is 1. The number of ether oxygens (including phenoxy) is 1. The van der Waals surface area contributed by atoms with E-state index in [0.717, 1.165) is 6.42 Å². The van der Waals surface area contributed by atoms with E-state index < -0.39 is 5.97 Å². The van der Waals surface area contributed by atoms with Crippen LogP contribution in [0.2, 0.25) is 0 Å². The number of hydrogen-bond donors (Lipinski definition) is 1. The average molecular weight is 263 g/mol. The molecule has 1 rings (SSSR count). The highest BCUT2D eigenvalue weighted by molar-refractivity contribution is 6.01. The highest BCUT2D eigenvalue weighted by Crippen LogP contribution is 2.20. The zero-order valence-electron chi connectivity index (χ0n) is 11.7. The van der Waals surface area contributed by atoms with Gasteiger partial charge in [-0.2, -0.15) is 0 Å². The Morgan fingerprint density at radius 1 is 1.21 bits per heavy atom. The van der Waals surface area contributed by atoms with Crippen LogP contribution in [0.1, 0.15) is 45.1 Å². The predicted octanol–water partition coefficient (Wildman–Crippen LogP) is 3.09. The largest absolute Gasteiger partial charge is 0.466 e. The molecule has 1 unspecified atom stereocenters. The molecule has 0 heterocycles. The topological polar surface area (TPSA) is 55.4 Å². The second-order valence-electron chi connectivity index (χ2n) is 4.46. The predicted molar refractivity (Wildman–Crippen MR) is 75.0 cm³/mol. The van der Waals surface area contributed by atoms with Gasteiger partial charge in [-0.3, -0.25) is 9.59 Å².